The molecule has 0 radical (unpaired) electrons. The predicted octanol–water partition coefficient (Wildman–Crippen LogP) is 2.16. The van der Waals surface area contributed by atoms with Crippen molar-refractivity contribution in [1.29, 1.82) is 0 Å². The molecule has 2 aliphatic heterocycles. The first-order valence-electron chi connectivity index (χ1n) is 9.84. The second kappa shape index (κ2) is 9.57. The quantitative estimate of drug-likeness (QED) is 0.751. The Kier molecular flexibility index (Phi) is 7.90. The lowest BCUT2D eigenvalue weighted by atomic mass is 9.92. The van der Waals surface area contributed by atoms with Crippen molar-refractivity contribution < 1.29 is 13.2 Å². The van der Waals surface area contributed by atoms with Crippen molar-refractivity contribution in [1.82, 2.24) is 14.9 Å². The number of amides is 1. The van der Waals surface area contributed by atoms with Crippen LogP contribution in [0.25, 0.3) is 0 Å². The molecule has 0 spiro atoms. The average molecular weight is 430 g/mol. The number of carbonyl (C=O) groups is 1. The molecular weight excluding hydrogens is 398 g/mol. The summed E-state index contributed by atoms with van der Waals surface area (Å²) >= 11 is 0. The van der Waals surface area contributed by atoms with Crippen LogP contribution in [0, 0.1) is 32.6 Å². The van der Waals surface area contributed by atoms with Gasteiger partial charge in [0.15, 0.2) is 0 Å². The fraction of sp³-hybridized carbons (Fsp3) is 0.650. The minimum atomic E-state index is -3.61. The number of likely N-dealkylation sites (tertiary alicyclic amines) is 1. The second-order valence-electron chi connectivity index (χ2n) is 8.01. The maximum absolute atomic E-state index is 12.7. The van der Waals surface area contributed by atoms with Crippen LogP contribution in [0.2, 0.25) is 0 Å². The summed E-state index contributed by atoms with van der Waals surface area (Å²) in [7, 11) is -3.61. The highest BCUT2D eigenvalue weighted by molar-refractivity contribution is 7.89. The molecule has 2 fully saturated rings. The van der Waals surface area contributed by atoms with Crippen LogP contribution in [-0.4, -0.2) is 51.9 Å². The highest BCUT2D eigenvalue weighted by atomic mass is 35.5. The molecule has 158 valence electrons. The molecule has 0 aliphatic carbocycles. The first-order chi connectivity index (χ1) is 12.8. The van der Waals surface area contributed by atoms with Gasteiger partial charge in [-0.15, -0.1) is 12.4 Å². The normalized spacial score (nSPS) is 22.3. The van der Waals surface area contributed by atoms with Gasteiger partial charge in [0.1, 0.15) is 0 Å². The number of aryl methyl sites for hydroxylation is 3. The van der Waals surface area contributed by atoms with E-state index in [-0.39, 0.29) is 31.3 Å². The van der Waals surface area contributed by atoms with E-state index in [4.69, 9.17) is 0 Å². The van der Waals surface area contributed by atoms with Crippen LogP contribution in [0.3, 0.4) is 0 Å². The third-order valence-corrected chi connectivity index (χ3v) is 7.64. The third kappa shape index (κ3) is 5.26. The number of halogens is 1. The SMILES string of the molecule is Cc1cc(C)c(S(=O)(=O)NCCC(=O)N2CC[C@@H]3CNC[C@@H]3CC2)c(C)c1.Cl. The van der Waals surface area contributed by atoms with Crippen LogP contribution in [-0.2, 0) is 14.8 Å². The predicted molar refractivity (Wildman–Crippen MR) is 113 cm³/mol. The van der Waals surface area contributed by atoms with E-state index in [9.17, 15) is 13.2 Å². The molecule has 1 aromatic rings. The summed E-state index contributed by atoms with van der Waals surface area (Å²) in [5.41, 5.74) is 2.51. The summed E-state index contributed by atoms with van der Waals surface area (Å²) in [6.07, 6.45) is 2.28. The van der Waals surface area contributed by atoms with Crippen LogP contribution in [0.1, 0.15) is 36.0 Å². The highest BCUT2D eigenvalue weighted by Crippen LogP contribution is 2.27. The van der Waals surface area contributed by atoms with Crippen molar-refractivity contribution >= 4 is 28.3 Å². The number of benzene rings is 1. The van der Waals surface area contributed by atoms with Gasteiger partial charge in [0, 0.05) is 26.1 Å². The van der Waals surface area contributed by atoms with Gasteiger partial charge in [0.05, 0.1) is 4.90 Å². The van der Waals surface area contributed by atoms with E-state index in [1.54, 1.807) is 0 Å². The van der Waals surface area contributed by atoms with Crippen LogP contribution in [0.15, 0.2) is 17.0 Å². The molecule has 2 aliphatic rings. The minimum Gasteiger partial charge on any atom is -0.343 e. The van der Waals surface area contributed by atoms with Crippen molar-refractivity contribution in [2.75, 3.05) is 32.7 Å². The Morgan fingerprint density at radius 3 is 2.18 bits per heavy atom. The number of hydrogen-bond acceptors (Lipinski definition) is 4. The Morgan fingerprint density at radius 1 is 1.11 bits per heavy atom. The zero-order valence-corrected chi connectivity index (χ0v) is 18.6. The van der Waals surface area contributed by atoms with Crippen molar-refractivity contribution in [3.63, 3.8) is 0 Å². The summed E-state index contributed by atoms with van der Waals surface area (Å²) in [6, 6.07) is 3.74. The first kappa shape index (κ1) is 23.1. The van der Waals surface area contributed by atoms with E-state index in [2.05, 4.69) is 10.0 Å². The van der Waals surface area contributed by atoms with Crippen molar-refractivity contribution in [2.24, 2.45) is 11.8 Å². The van der Waals surface area contributed by atoms with Crippen LogP contribution < -0.4 is 10.0 Å². The lowest BCUT2D eigenvalue weighted by molar-refractivity contribution is -0.131. The zero-order valence-electron chi connectivity index (χ0n) is 17.0. The van der Waals surface area contributed by atoms with Gasteiger partial charge in [0.25, 0.3) is 0 Å². The summed E-state index contributed by atoms with van der Waals surface area (Å²) in [4.78, 5) is 14.8. The van der Waals surface area contributed by atoms with E-state index < -0.39 is 10.0 Å². The summed E-state index contributed by atoms with van der Waals surface area (Å²) in [5, 5.41) is 3.43. The number of carbonyl (C=O) groups excluding carboxylic acids is 1. The molecule has 2 heterocycles. The van der Waals surface area contributed by atoms with Crippen molar-refractivity contribution in [3.8, 4) is 0 Å². The van der Waals surface area contributed by atoms with Gasteiger partial charge in [-0.05, 0) is 69.7 Å². The molecule has 1 aromatic carbocycles. The molecule has 0 bridgehead atoms. The fourth-order valence-electron chi connectivity index (χ4n) is 4.58. The molecule has 6 nitrogen and oxygen atoms in total. The van der Waals surface area contributed by atoms with Crippen molar-refractivity contribution in [2.45, 2.75) is 44.9 Å². The number of nitrogens with zero attached hydrogens (tertiary/aromatic N) is 1. The first-order valence-corrected chi connectivity index (χ1v) is 11.3. The Balaban J connectivity index is 0.00000280. The Bertz CT molecular complexity index is 776. The van der Waals surface area contributed by atoms with E-state index >= 15 is 0 Å². The molecule has 2 atom stereocenters. The smallest absolute Gasteiger partial charge is 0.241 e. The van der Waals surface area contributed by atoms with Gasteiger partial charge < -0.3 is 10.2 Å². The maximum Gasteiger partial charge on any atom is 0.241 e. The molecule has 3 rings (SSSR count). The summed E-state index contributed by atoms with van der Waals surface area (Å²) in [6.45, 7) is 9.39. The maximum atomic E-state index is 12.7. The van der Waals surface area contributed by atoms with Crippen LogP contribution >= 0.6 is 12.4 Å². The lowest BCUT2D eigenvalue weighted by Crippen LogP contribution is -2.36. The third-order valence-electron chi connectivity index (χ3n) is 5.88. The Hall–Kier alpha value is -1.15. The van der Waals surface area contributed by atoms with Gasteiger partial charge >= 0.3 is 0 Å². The number of rotatable bonds is 5. The van der Waals surface area contributed by atoms with Crippen LogP contribution in [0.4, 0.5) is 0 Å². The molecule has 8 heteroatoms. The zero-order chi connectivity index (χ0) is 19.6. The Labute approximate surface area is 174 Å². The molecule has 2 N–H and O–H groups in total. The van der Waals surface area contributed by atoms with E-state index in [0.717, 1.165) is 55.7 Å². The van der Waals surface area contributed by atoms with Crippen LogP contribution in [0.5, 0.6) is 0 Å². The van der Waals surface area contributed by atoms with E-state index in [1.807, 2.05) is 37.8 Å². The summed E-state index contributed by atoms with van der Waals surface area (Å²) < 4.78 is 28.0. The molecule has 0 aromatic heterocycles. The van der Waals surface area contributed by atoms with Crippen molar-refractivity contribution in [3.05, 3.63) is 28.8 Å². The van der Waals surface area contributed by atoms with Gasteiger partial charge in [-0.2, -0.15) is 0 Å². The van der Waals surface area contributed by atoms with Gasteiger partial charge in [-0.3, -0.25) is 4.79 Å². The summed E-state index contributed by atoms with van der Waals surface area (Å²) in [5.74, 6) is 1.39. The van der Waals surface area contributed by atoms with E-state index in [1.165, 1.54) is 0 Å². The molecule has 0 saturated carbocycles. The molecule has 28 heavy (non-hydrogen) atoms. The van der Waals surface area contributed by atoms with Gasteiger partial charge in [0.2, 0.25) is 15.9 Å². The standard InChI is InChI=1S/C20H31N3O3S.ClH/c1-14-10-15(2)20(16(3)11-14)27(25,26)22-7-4-19(24)23-8-5-17-12-21-13-18(17)6-9-23;/h10-11,17-18,21-22H,4-9,12-13H2,1-3H3;1H/t17-,18+;. The number of nitrogens with one attached hydrogen (secondary N) is 2. The van der Waals surface area contributed by atoms with E-state index in [0.29, 0.717) is 16.7 Å². The number of fused-ring (bicyclic) bond motifs is 1. The molecule has 2 saturated heterocycles. The van der Waals surface area contributed by atoms with Gasteiger partial charge in [-0.25, -0.2) is 13.1 Å². The monoisotopic (exact) mass is 429 g/mol. The highest BCUT2D eigenvalue weighted by Gasteiger charge is 2.31. The Morgan fingerprint density at radius 2 is 1.64 bits per heavy atom. The molecule has 0 unspecified atom stereocenters. The fourth-order valence-corrected chi connectivity index (χ4v) is 6.06. The average Bonchev–Trinajstić information content (AvgIpc) is 2.91. The topological polar surface area (TPSA) is 78.5 Å². The largest absolute Gasteiger partial charge is 0.343 e. The number of sulfonamides is 1. The van der Waals surface area contributed by atoms with Gasteiger partial charge in [-0.1, -0.05) is 17.7 Å². The molecular formula is C20H32ClN3O3S. The lowest BCUT2D eigenvalue weighted by Gasteiger charge is -2.21. The second-order valence-corrected chi connectivity index (χ2v) is 9.72. The number of hydrogen-bond donors (Lipinski definition) is 2. The minimum absolute atomic E-state index is 0. The molecule has 1 amide bonds.